The Hall–Kier alpha value is -2.50. The highest BCUT2D eigenvalue weighted by Gasteiger charge is 2.08. The van der Waals surface area contributed by atoms with Crippen LogP contribution in [0.3, 0.4) is 0 Å². The predicted octanol–water partition coefficient (Wildman–Crippen LogP) is 3.94. The molecule has 2 aromatic carbocycles. The molecule has 1 atom stereocenters. The van der Waals surface area contributed by atoms with Crippen molar-refractivity contribution in [2.24, 2.45) is 0 Å². The summed E-state index contributed by atoms with van der Waals surface area (Å²) in [5.41, 5.74) is 3.70. The van der Waals surface area contributed by atoms with E-state index in [0.29, 0.717) is 12.6 Å². The van der Waals surface area contributed by atoms with Gasteiger partial charge in [-0.15, -0.1) is 0 Å². The summed E-state index contributed by atoms with van der Waals surface area (Å²) in [6, 6.07) is 15.1. The number of rotatable bonds is 11. The maximum atomic E-state index is 9.04. The lowest BCUT2D eigenvalue weighted by molar-refractivity contribution is 0.280. The molecule has 1 heterocycles. The second kappa shape index (κ2) is 10.3. The molecule has 5 nitrogen and oxygen atoms in total. The number of aliphatic hydroxyl groups is 1. The maximum Gasteiger partial charge on any atom is 0.161 e. The van der Waals surface area contributed by atoms with E-state index in [0.717, 1.165) is 43.0 Å². The Labute approximate surface area is 173 Å². The van der Waals surface area contributed by atoms with E-state index in [2.05, 4.69) is 47.3 Å². The summed E-state index contributed by atoms with van der Waals surface area (Å²) < 4.78 is 13.5. The average molecular weight is 397 g/mol. The Kier molecular flexibility index (Phi) is 7.55. The molecule has 0 aliphatic rings. The van der Waals surface area contributed by atoms with Crippen molar-refractivity contribution in [2.75, 3.05) is 26.9 Å². The van der Waals surface area contributed by atoms with Crippen LogP contribution in [-0.2, 0) is 13.0 Å². The van der Waals surface area contributed by atoms with Gasteiger partial charge in [0.2, 0.25) is 0 Å². The Morgan fingerprint density at radius 1 is 1.10 bits per heavy atom. The number of hydrogen-bond acceptors (Lipinski definition) is 4. The Bertz CT molecular complexity index is 920. The number of benzene rings is 2. The largest absolute Gasteiger partial charge is 0.493 e. The van der Waals surface area contributed by atoms with Gasteiger partial charge in [-0.3, -0.25) is 0 Å². The fourth-order valence-corrected chi connectivity index (χ4v) is 3.60. The van der Waals surface area contributed by atoms with Gasteiger partial charge < -0.3 is 24.5 Å². The van der Waals surface area contributed by atoms with E-state index < -0.39 is 0 Å². The minimum atomic E-state index is 0.224. The molecule has 5 heteroatoms. The van der Waals surface area contributed by atoms with Crippen LogP contribution >= 0.6 is 0 Å². The van der Waals surface area contributed by atoms with Crippen LogP contribution in [0, 0.1) is 6.92 Å². The van der Waals surface area contributed by atoms with Gasteiger partial charge in [0.1, 0.15) is 6.61 Å². The third-order valence-electron chi connectivity index (χ3n) is 5.11. The van der Waals surface area contributed by atoms with E-state index in [1.165, 1.54) is 16.5 Å². The van der Waals surface area contributed by atoms with Crippen molar-refractivity contribution in [1.29, 1.82) is 0 Å². The lowest BCUT2D eigenvalue weighted by atomic mass is 10.1. The summed E-state index contributed by atoms with van der Waals surface area (Å²) in [5, 5.41) is 13.8. The number of nitrogens with one attached hydrogen (secondary N) is 1. The molecule has 0 aliphatic heterocycles. The number of nitrogens with zero attached hydrogens (tertiary/aromatic N) is 1. The quantitative estimate of drug-likeness (QED) is 0.482. The van der Waals surface area contributed by atoms with Crippen LogP contribution in [0.15, 0.2) is 48.7 Å². The molecule has 0 spiro atoms. The number of aromatic nitrogens is 1. The summed E-state index contributed by atoms with van der Waals surface area (Å²) in [6.45, 7) is 6.68. The van der Waals surface area contributed by atoms with E-state index in [1.807, 2.05) is 25.1 Å². The maximum absolute atomic E-state index is 9.04. The first-order valence-electron chi connectivity index (χ1n) is 10.3. The molecular weight excluding hydrogens is 364 g/mol. The van der Waals surface area contributed by atoms with E-state index >= 15 is 0 Å². The molecule has 29 heavy (non-hydrogen) atoms. The van der Waals surface area contributed by atoms with Gasteiger partial charge in [-0.25, -0.2) is 0 Å². The van der Waals surface area contributed by atoms with E-state index in [-0.39, 0.29) is 6.61 Å². The third-order valence-corrected chi connectivity index (χ3v) is 5.11. The highest BCUT2D eigenvalue weighted by Crippen LogP contribution is 2.27. The fourth-order valence-electron chi connectivity index (χ4n) is 3.60. The van der Waals surface area contributed by atoms with Crippen molar-refractivity contribution < 1.29 is 14.6 Å². The predicted molar refractivity (Wildman–Crippen MR) is 118 cm³/mol. The van der Waals surface area contributed by atoms with Crippen molar-refractivity contribution in [2.45, 2.75) is 39.3 Å². The van der Waals surface area contributed by atoms with Crippen LogP contribution in [0.25, 0.3) is 10.9 Å². The zero-order valence-corrected chi connectivity index (χ0v) is 17.6. The van der Waals surface area contributed by atoms with E-state index in [4.69, 9.17) is 14.6 Å². The monoisotopic (exact) mass is 396 g/mol. The lowest BCUT2D eigenvalue weighted by Gasteiger charge is -2.16. The van der Waals surface area contributed by atoms with Crippen molar-refractivity contribution in [1.82, 2.24) is 9.88 Å². The first-order chi connectivity index (χ1) is 14.1. The van der Waals surface area contributed by atoms with Crippen LogP contribution in [0.5, 0.6) is 11.5 Å². The Morgan fingerprint density at radius 2 is 1.97 bits per heavy atom. The SMILES string of the molecule is COc1cc(C)ccc1OCCN[C@H](C)Cc1ccc2c(ccn2CCCO)c1. The van der Waals surface area contributed by atoms with Crippen molar-refractivity contribution in [3.05, 3.63) is 59.8 Å². The molecule has 156 valence electrons. The fraction of sp³-hybridized carbons (Fsp3) is 0.417. The average Bonchev–Trinajstić information content (AvgIpc) is 3.12. The van der Waals surface area contributed by atoms with Gasteiger partial charge >= 0.3 is 0 Å². The number of aryl methyl sites for hydroxylation is 2. The minimum absolute atomic E-state index is 0.224. The highest BCUT2D eigenvalue weighted by molar-refractivity contribution is 5.80. The first-order valence-corrected chi connectivity index (χ1v) is 10.3. The van der Waals surface area contributed by atoms with Crippen LogP contribution in [0.2, 0.25) is 0 Å². The standard InChI is InChI=1S/C24H32N2O3/c1-18-5-8-23(24(15-18)28-3)29-14-10-25-19(2)16-20-6-7-22-21(17-20)9-12-26(22)11-4-13-27/h5-9,12,15,17,19,25,27H,4,10-11,13-14,16H2,1-3H3/t19-/m1/s1. The summed E-state index contributed by atoms with van der Waals surface area (Å²) in [6.07, 6.45) is 3.84. The van der Waals surface area contributed by atoms with Crippen LogP contribution in [0.1, 0.15) is 24.5 Å². The number of ether oxygens (including phenoxy) is 2. The third kappa shape index (κ3) is 5.75. The molecule has 3 aromatic rings. The Morgan fingerprint density at radius 3 is 2.76 bits per heavy atom. The van der Waals surface area contributed by atoms with Crippen molar-refractivity contribution >= 4 is 10.9 Å². The molecule has 0 saturated heterocycles. The molecule has 1 aromatic heterocycles. The molecule has 0 fully saturated rings. The molecule has 0 bridgehead atoms. The zero-order chi connectivity index (χ0) is 20.6. The molecule has 2 N–H and O–H groups in total. The first kappa shape index (κ1) is 21.2. The summed E-state index contributed by atoms with van der Waals surface area (Å²) >= 11 is 0. The summed E-state index contributed by atoms with van der Waals surface area (Å²) in [4.78, 5) is 0. The number of fused-ring (bicyclic) bond motifs is 1. The number of aliphatic hydroxyl groups excluding tert-OH is 1. The molecular formula is C24H32N2O3. The van der Waals surface area contributed by atoms with Crippen LogP contribution < -0.4 is 14.8 Å². The highest BCUT2D eigenvalue weighted by atomic mass is 16.5. The smallest absolute Gasteiger partial charge is 0.161 e. The van der Waals surface area contributed by atoms with Gasteiger partial charge in [-0.05, 0) is 73.5 Å². The van der Waals surface area contributed by atoms with E-state index in [1.54, 1.807) is 7.11 Å². The Balaban J connectivity index is 1.47. The van der Waals surface area contributed by atoms with Gasteiger partial charge in [0.15, 0.2) is 11.5 Å². The van der Waals surface area contributed by atoms with Crippen LogP contribution in [-0.4, -0.2) is 42.6 Å². The van der Waals surface area contributed by atoms with Crippen molar-refractivity contribution in [3.8, 4) is 11.5 Å². The van der Waals surface area contributed by atoms with Gasteiger partial charge in [-0.1, -0.05) is 12.1 Å². The molecule has 0 unspecified atom stereocenters. The van der Waals surface area contributed by atoms with Gasteiger partial charge in [0, 0.05) is 37.5 Å². The minimum Gasteiger partial charge on any atom is -0.493 e. The summed E-state index contributed by atoms with van der Waals surface area (Å²) in [5.74, 6) is 1.56. The summed E-state index contributed by atoms with van der Waals surface area (Å²) in [7, 11) is 1.67. The molecule has 0 amide bonds. The lowest BCUT2D eigenvalue weighted by Crippen LogP contribution is -2.31. The van der Waals surface area contributed by atoms with Gasteiger partial charge in [-0.2, -0.15) is 0 Å². The molecule has 0 aliphatic carbocycles. The molecule has 0 saturated carbocycles. The number of hydrogen-bond donors (Lipinski definition) is 2. The topological polar surface area (TPSA) is 55.7 Å². The zero-order valence-electron chi connectivity index (χ0n) is 17.6. The van der Waals surface area contributed by atoms with Crippen molar-refractivity contribution in [3.63, 3.8) is 0 Å². The normalized spacial score (nSPS) is 12.3. The van der Waals surface area contributed by atoms with Crippen LogP contribution in [0.4, 0.5) is 0 Å². The molecule has 3 rings (SSSR count). The molecule has 0 radical (unpaired) electrons. The second-order valence-corrected chi connectivity index (χ2v) is 7.54. The second-order valence-electron chi connectivity index (χ2n) is 7.54. The van der Waals surface area contributed by atoms with E-state index in [9.17, 15) is 0 Å². The van der Waals surface area contributed by atoms with Gasteiger partial charge in [0.25, 0.3) is 0 Å². The number of methoxy groups -OCH3 is 1. The van der Waals surface area contributed by atoms with Gasteiger partial charge in [0.05, 0.1) is 7.11 Å².